The number of hydrogen-bond acceptors (Lipinski definition) is 4. The fourth-order valence-electron chi connectivity index (χ4n) is 4.42. The van der Waals surface area contributed by atoms with Crippen LogP contribution in [0.3, 0.4) is 0 Å². The van der Waals surface area contributed by atoms with Crippen LogP contribution in [0.4, 0.5) is 0 Å². The Balaban J connectivity index is 0.00000288. The van der Waals surface area contributed by atoms with Gasteiger partial charge in [0.05, 0.1) is 23.7 Å². The quantitative estimate of drug-likeness (QED) is 0.474. The van der Waals surface area contributed by atoms with Crippen LogP contribution < -0.4 is 0 Å². The predicted octanol–water partition coefficient (Wildman–Crippen LogP) is -0.650. The maximum Gasteiger partial charge on any atom is 0.307 e. The Hall–Kier alpha value is -2.20. The van der Waals surface area contributed by atoms with Gasteiger partial charge in [-0.15, -0.1) is 0 Å². The van der Waals surface area contributed by atoms with E-state index in [1.165, 1.54) is 0 Å². The average molecular weight is 364 g/mol. The molecule has 25 heavy (non-hydrogen) atoms. The van der Waals surface area contributed by atoms with Crippen molar-refractivity contribution in [2.24, 2.45) is 35.5 Å². The molecule has 0 saturated heterocycles. The third-order valence-corrected chi connectivity index (χ3v) is 5.35. The second kappa shape index (κ2) is 8.77. The molecule has 0 aromatic heterocycles. The fraction of sp³-hybridized carbons (Fsp3) is 0.733. The first-order valence-corrected chi connectivity index (χ1v) is 7.67. The number of hydrogen-bond donors (Lipinski definition) is 4. The zero-order chi connectivity index (χ0) is 17.3. The lowest BCUT2D eigenvalue weighted by molar-refractivity contribution is -0.159. The summed E-state index contributed by atoms with van der Waals surface area (Å²) in [5, 5.41) is 37.6. The summed E-state index contributed by atoms with van der Waals surface area (Å²) in [6.07, 6.45) is 2.49. The van der Waals surface area contributed by atoms with Crippen molar-refractivity contribution in [1.29, 1.82) is 0 Å². The van der Waals surface area contributed by atoms with Crippen LogP contribution in [0.15, 0.2) is 0 Å². The van der Waals surface area contributed by atoms with Crippen molar-refractivity contribution in [2.45, 2.75) is 32.1 Å². The number of carbonyl (C=O) groups is 4. The van der Waals surface area contributed by atoms with Crippen LogP contribution in [0, 0.1) is 35.5 Å². The monoisotopic (exact) mass is 364 g/mol. The maximum absolute atomic E-state index is 11.8. The lowest BCUT2D eigenvalue weighted by Crippen LogP contribution is -2.41. The zero-order valence-corrected chi connectivity index (χ0v) is 13.4. The van der Waals surface area contributed by atoms with Crippen molar-refractivity contribution in [3.05, 3.63) is 0 Å². The second-order valence-corrected chi connectivity index (χ2v) is 6.48. The van der Waals surface area contributed by atoms with E-state index in [4.69, 9.17) is 0 Å². The molecule has 10 heteroatoms. The minimum atomic E-state index is -1.49. The van der Waals surface area contributed by atoms with Gasteiger partial charge in [0.15, 0.2) is 0 Å². The first-order valence-electron chi connectivity index (χ1n) is 7.67. The highest BCUT2D eigenvalue weighted by atomic mass is 16.4. The summed E-state index contributed by atoms with van der Waals surface area (Å²) in [6.45, 7) is 0. The van der Waals surface area contributed by atoms with Gasteiger partial charge in [0.25, 0.3) is 0 Å². The molecule has 0 heterocycles. The van der Waals surface area contributed by atoms with Gasteiger partial charge in [-0.25, -0.2) is 0 Å². The van der Waals surface area contributed by atoms with E-state index >= 15 is 0 Å². The molecular formula is C15H24O10. The molecule has 0 aliphatic heterocycles. The second-order valence-electron chi connectivity index (χ2n) is 6.48. The van der Waals surface area contributed by atoms with Gasteiger partial charge >= 0.3 is 23.9 Å². The molecule has 0 aromatic carbocycles. The van der Waals surface area contributed by atoms with Crippen molar-refractivity contribution >= 4 is 23.9 Å². The minimum absolute atomic E-state index is 0. The molecule has 0 spiro atoms. The van der Waals surface area contributed by atoms with Gasteiger partial charge in [-0.3, -0.25) is 19.2 Å². The van der Waals surface area contributed by atoms with E-state index in [1.54, 1.807) is 0 Å². The Morgan fingerprint density at radius 1 is 0.760 bits per heavy atom. The van der Waals surface area contributed by atoms with Gasteiger partial charge in [0.1, 0.15) is 0 Å². The Morgan fingerprint density at radius 2 is 1.24 bits per heavy atom. The topological polar surface area (TPSA) is 212 Å². The molecule has 0 radical (unpaired) electrons. The SMILES string of the molecule is O.O.O=C(O)C1CC(C(=O)O)C(C(C(=O)O)C2CCCC2)C1C(=O)O. The summed E-state index contributed by atoms with van der Waals surface area (Å²) in [7, 11) is 0. The van der Waals surface area contributed by atoms with E-state index in [0.29, 0.717) is 12.8 Å². The van der Waals surface area contributed by atoms with Gasteiger partial charge in [0.2, 0.25) is 0 Å². The van der Waals surface area contributed by atoms with E-state index < -0.39 is 53.5 Å². The zero-order valence-electron chi connectivity index (χ0n) is 13.4. The van der Waals surface area contributed by atoms with E-state index in [2.05, 4.69) is 0 Å². The lowest BCUT2D eigenvalue weighted by Gasteiger charge is -2.31. The van der Waals surface area contributed by atoms with E-state index in [9.17, 15) is 39.6 Å². The molecule has 2 aliphatic carbocycles. The van der Waals surface area contributed by atoms with Crippen molar-refractivity contribution < 1.29 is 50.6 Å². The number of carboxylic acid groups (broad SMARTS) is 4. The summed E-state index contributed by atoms with van der Waals surface area (Å²) in [5.41, 5.74) is 0. The van der Waals surface area contributed by atoms with Gasteiger partial charge < -0.3 is 31.4 Å². The molecule has 5 unspecified atom stereocenters. The standard InChI is InChI=1S/C15H20O8.2H2O/c16-12(17)7-5-8(13(18)19)11(15(22)23)10(7)9(14(20)21)6-3-1-2-4-6;;/h6-11H,1-5H2,(H,16,17)(H,18,19)(H,20,21)(H,22,23);2*1H2. The highest BCUT2D eigenvalue weighted by molar-refractivity contribution is 5.85. The van der Waals surface area contributed by atoms with Gasteiger partial charge in [-0.1, -0.05) is 12.8 Å². The fourth-order valence-corrected chi connectivity index (χ4v) is 4.42. The molecule has 2 saturated carbocycles. The van der Waals surface area contributed by atoms with Crippen LogP contribution in [0.1, 0.15) is 32.1 Å². The summed E-state index contributed by atoms with van der Waals surface area (Å²) < 4.78 is 0. The van der Waals surface area contributed by atoms with Crippen LogP contribution in [0.2, 0.25) is 0 Å². The number of aliphatic carboxylic acids is 4. The molecule has 2 rings (SSSR count). The van der Waals surface area contributed by atoms with Crippen molar-refractivity contribution in [3.8, 4) is 0 Å². The van der Waals surface area contributed by atoms with E-state index in [-0.39, 0.29) is 23.3 Å². The summed E-state index contributed by atoms with van der Waals surface area (Å²) in [4.78, 5) is 46.2. The summed E-state index contributed by atoms with van der Waals surface area (Å²) >= 11 is 0. The van der Waals surface area contributed by atoms with Crippen LogP contribution in [-0.4, -0.2) is 55.3 Å². The largest absolute Gasteiger partial charge is 0.481 e. The van der Waals surface area contributed by atoms with Crippen molar-refractivity contribution in [1.82, 2.24) is 0 Å². The molecule has 8 N–H and O–H groups in total. The van der Waals surface area contributed by atoms with Crippen LogP contribution in [0.25, 0.3) is 0 Å². The third-order valence-electron chi connectivity index (χ3n) is 5.35. The van der Waals surface area contributed by atoms with E-state index in [0.717, 1.165) is 12.8 Å². The smallest absolute Gasteiger partial charge is 0.307 e. The molecule has 5 atom stereocenters. The molecule has 0 bridgehead atoms. The first-order chi connectivity index (χ1) is 10.8. The van der Waals surface area contributed by atoms with Crippen LogP contribution in [-0.2, 0) is 19.2 Å². The molecule has 2 fully saturated rings. The van der Waals surface area contributed by atoms with Crippen LogP contribution >= 0.6 is 0 Å². The highest BCUT2D eigenvalue weighted by Crippen LogP contribution is 2.50. The molecule has 144 valence electrons. The molecule has 0 aromatic rings. The molecule has 10 nitrogen and oxygen atoms in total. The molecular weight excluding hydrogens is 340 g/mol. The number of carboxylic acids is 4. The molecule has 2 aliphatic rings. The van der Waals surface area contributed by atoms with Gasteiger partial charge in [-0.05, 0) is 31.1 Å². The Bertz CT molecular complexity index is 524. The van der Waals surface area contributed by atoms with Crippen LogP contribution in [0.5, 0.6) is 0 Å². The van der Waals surface area contributed by atoms with Crippen molar-refractivity contribution in [2.75, 3.05) is 0 Å². The number of rotatable bonds is 6. The minimum Gasteiger partial charge on any atom is -0.481 e. The Labute approximate surface area is 143 Å². The average Bonchev–Trinajstić information content (AvgIpc) is 3.05. The normalized spacial score (nSPS) is 29.9. The maximum atomic E-state index is 11.8. The van der Waals surface area contributed by atoms with E-state index in [1.807, 2.05) is 0 Å². The summed E-state index contributed by atoms with van der Waals surface area (Å²) in [5.74, 6) is -12.1. The Kier molecular flexibility index (Phi) is 8.00. The first kappa shape index (κ1) is 22.8. The van der Waals surface area contributed by atoms with Crippen molar-refractivity contribution in [3.63, 3.8) is 0 Å². The highest BCUT2D eigenvalue weighted by Gasteiger charge is 2.58. The Morgan fingerprint density at radius 3 is 1.60 bits per heavy atom. The third kappa shape index (κ3) is 4.26. The van der Waals surface area contributed by atoms with Gasteiger partial charge in [-0.2, -0.15) is 0 Å². The molecule has 0 amide bonds. The lowest BCUT2D eigenvalue weighted by atomic mass is 9.71. The van der Waals surface area contributed by atoms with Gasteiger partial charge in [0, 0.05) is 0 Å². The predicted molar refractivity (Wildman–Crippen MR) is 81.8 cm³/mol. The summed E-state index contributed by atoms with van der Waals surface area (Å²) in [6, 6.07) is 0.